The molecule has 0 radical (unpaired) electrons. The average Bonchev–Trinajstić information content (AvgIpc) is 3.59. The Balaban J connectivity index is 0.989. The van der Waals surface area contributed by atoms with E-state index in [1.807, 2.05) is 24.3 Å². The first-order valence-corrected chi connectivity index (χ1v) is 14.2. The van der Waals surface area contributed by atoms with Crippen molar-refractivity contribution in [2.75, 3.05) is 51.0 Å². The summed E-state index contributed by atoms with van der Waals surface area (Å²) in [4.78, 5) is 17.6. The molecule has 37 heavy (non-hydrogen) atoms. The number of fused-ring (bicyclic) bond motifs is 2. The highest BCUT2D eigenvalue weighted by Gasteiger charge is 2.29. The smallest absolute Gasteiger partial charge is 0.244 e. The van der Waals surface area contributed by atoms with E-state index < -0.39 is 0 Å². The quantitative estimate of drug-likeness (QED) is 0.454. The van der Waals surface area contributed by atoms with Gasteiger partial charge in [0, 0.05) is 50.7 Å². The van der Waals surface area contributed by atoms with E-state index in [2.05, 4.69) is 39.4 Å². The molecule has 8 heteroatoms. The van der Waals surface area contributed by atoms with E-state index in [-0.39, 0.29) is 12.7 Å². The van der Waals surface area contributed by atoms with Crippen LogP contribution in [0.2, 0.25) is 0 Å². The molecule has 1 amide bonds. The van der Waals surface area contributed by atoms with Gasteiger partial charge in [-0.25, -0.2) is 0 Å². The van der Waals surface area contributed by atoms with Gasteiger partial charge in [-0.15, -0.1) is 0 Å². The van der Waals surface area contributed by atoms with Crippen molar-refractivity contribution in [1.82, 2.24) is 14.6 Å². The fourth-order valence-electron chi connectivity index (χ4n) is 5.85. The summed E-state index contributed by atoms with van der Waals surface area (Å²) in [5, 5.41) is 4.44. The molecule has 0 unspecified atom stereocenters. The second-order valence-corrected chi connectivity index (χ2v) is 11.1. The van der Waals surface area contributed by atoms with Crippen molar-refractivity contribution >= 4 is 39.4 Å². The molecule has 1 saturated heterocycles. The topological polar surface area (TPSA) is 66.9 Å². The van der Waals surface area contributed by atoms with Crippen LogP contribution in [0.15, 0.2) is 48.5 Å². The van der Waals surface area contributed by atoms with E-state index >= 15 is 0 Å². The Morgan fingerprint density at radius 3 is 2.73 bits per heavy atom. The van der Waals surface area contributed by atoms with Crippen LogP contribution in [0.25, 0.3) is 16.2 Å². The number of anilines is 1. The summed E-state index contributed by atoms with van der Waals surface area (Å²) >= 11 is 1.60. The Labute approximate surface area is 222 Å². The van der Waals surface area contributed by atoms with Crippen LogP contribution in [0.5, 0.6) is 11.5 Å². The predicted molar refractivity (Wildman–Crippen MR) is 148 cm³/mol. The number of benzene rings is 2. The minimum absolute atomic E-state index is 0.0360. The van der Waals surface area contributed by atoms with E-state index in [0.717, 1.165) is 62.1 Å². The van der Waals surface area contributed by atoms with Gasteiger partial charge in [-0.3, -0.25) is 9.69 Å². The standard InChI is InChI=1S/C29H34N4O3S/c34-28(12-10-21-9-11-25-26(17-21)36-20-35-25)30-18-22-5-1-2-6-23(22)19-32-13-15-33(16-14-32)29-24-7-3-4-8-27(24)37-31-29/h3-4,7-12,17,22-23H,1-2,5-6,13-16,18-20H2,(H,30,34)/t22-,23+/m0/s1. The lowest BCUT2D eigenvalue weighted by molar-refractivity contribution is -0.116. The molecule has 0 bridgehead atoms. The lowest BCUT2D eigenvalue weighted by Crippen LogP contribution is -2.49. The van der Waals surface area contributed by atoms with Crippen LogP contribution in [-0.2, 0) is 4.79 Å². The van der Waals surface area contributed by atoms with Crippen LogP contribution in [-0.4, -0.2) is 61.2 Å². The highest BCUT2D eigenvalue weighted by atomic mass is 32.1. The molecule has 194 valence electrons. The van der Waals surface area contributed by atoms with Crippen LogP contribution in [0.1, 0.15) is 31.2 Å². The zero-order chi connectivity index (χ0) is 25.0. The zero-order valence-electron chi connectivity index (χ0n) is 21.1. The summed E-state index contributed by atoms with van der Waals surface area (Å²) in [5.41, 5.74) is 0.930. The van der Waals surface area contributed by atoms with Crippen LogP contribution in [0, 0.1) is 11.8 Å². The molecular formula is C29H34N4O3S. The maximum absolute atomic E-state index is 12.6. The van der Waals surface area contributed by atoms with Crippen molar-refractivity contribution in [3.63, 3.8) is 0 Å². The summed E-state index contributed by atoms with van der Waals surface area (Å²) in [6, 6.07) is 14.2. The van der Waals surface area contributed by atoms with Crippen LogP contribution < -0.4 is 19.7 Å². The molecule has 6 rings (SSSR count). The number of aromatic nitrogens is 1. The number of nitrogens with zero attached hydrogens (tertiary/aromatic N) is 3. The number of carbonyl (C=O) groups excluding carboxylic acids is 1. The summed E-state index contributed by atoms with van der Waals surface area (Å²) < 4.78 is 16.8. The Morgan fingerprint density at radius 2 is 1.84 bits per heavy atom. The number of nitrogens with one attached hydrogen (secondary N) is 1. The number of rotatable bonds is 7. The number of amides is 1. The van der Waals surface area contributed by atoms with Gasteiger partial charge >= 0.3 is 0 Å². The molecule has 2 aliphatic heterocycles. The van der Waals surface area contributed by atoms with Gasteiger partial charge in [0.1, 0.15) is 5.82 Å². The molecule has 1 saturated carbocycles. The Bertz CT molecular complexity index is 1270. The molecule has 3 aromatic rings. The van der Waals surface area contributed by atoms with Gasteiger partial charge in [0.05, 0.1) is 4.70 Å². The highest BCUT2D eigenvalue weighted by Crippen LogP contribution is 2.34. The van der Waals surface area contributed by atoms with Gasteiger partial charge in [0.15, 0.2) is 11.5 Å². The molecule has 0 spiro atoms. The SMILES string of the molecule is O=C(C=Cc1ccc2c(c1)OCO2)NC[C@@H]1CCCC[C@@H]1CN1CCN(c2nsc3ccccc23)CC1. The van der Waals surface area contributed by atoms with Gasteiger partial charge in [0.2, 0.25) is 12.7 Å². The average molecular weight is 519 g/mol. The maximum atomic E-state index is 12.6. The third-order valence-electron chi connectivity index (χ3n) is 7.95. The molecule has 2 atom stereocenters. The number of hydrogen-bond donors (Lipinski definition) is 1. The van der Waals surface area contributed by atoms with E-state index in [4.69, 9.17) is 13.8 Å². The monoisotopic (exact) mass is 518 g/mol. The lowest BCUT2D eigenvalue weighted by Gasteiger charge is -2.40. The van der Waals surface area contributed by atoms with Gasteiger partial charge in [0.25, 0.3) is 0 Å². The molecule has 3 heterocycles. The number of hydrogen-bond acceptors (Lipinski definition) is 7. The largest absolute Gasteiger partial charge is 0.454 e. The van der Waals surface area contributed by atoms with Gasteiger partial charge in [-0.05, 0) is 72.1 Å². The number of ether oxygens (including phenoxy) is 2. The zero-order valence-corrected chi connectivity index (χ0v) is 21.9. The number of piperazine rings is 1. The molecule has 2 aromatic carbocycles. The van der Waals surface area contributed by atoms with Crippen molar-refractivity contribution in [2.24, 2.45) is 11.8 Å². The van der Waals surface area contributed by atoms with Crippen LogP contribution in [0.3, 0.4) is 0 Å². The highest BCUT2D eigenvalue weighted by molar-refractivity contribution is 7.13. The predicted octanol–water partition coefficient (Wildman–Crippen LogP) is 4.78. The van der Waals surface area contributed by atoms with Crippen molar-refractivity contribution in [3.8, 4) is 11.5 Å². The third kappa shape index (κ3) is 5.60. The van der Waals surface area contributed by atoms with E-state index in [1.165, 1.54) is 35.8 Å². The van der Waals surface area contributed by atoms with Crippen LogP contribution in [0.4, 0.5) is 5.82 Å². The molecule has 3 aliphatic rings. The molecule has 1 aliphatic carbocycles. The van der Waals surface area contributed by atoms with Crippen molar-refractivity contribution < 1.29 is 14.3 Å². The van der Waals surface area contributed by atoms with Gasteiger partial charge in [-0.1, -0.05) is 31.0 Å². The van der Waals surface area contributed by atoms with E-state index in [1.54, 1.807) is 17.6 Å². The fraction of sp³-hybridized carbons (Fsp3) is 0.448. The summed E-state index contributed by atoms with van der Waals surface area (Å²) in [6.07, 6.45) is 8.46. The van der Waals surface area contributed by atoms with E-state index in [0.29, 0.717) is 11.8 Å². The van der Waals surface area contributed by atoms with Crippen molar-refractivity contribution in [2.45, 2.75) is 25.7 Å². The number of carbonyl (C=O) groups is 1. The molecular weight excluding hydrogens is 484 g/mol. The summed E-state index contributed by atoms with van der Waals surface area (Å²) in [6.45, 7) is 6.31. The minimum Gasteiger partial charge on any atom is -0.454 e. The minimum atomic E-state index is -0.0360. The molecule has 2 fully saturated rings. The fourth-order valence-corrected chi connectivity index (χ4v) is 6.64. The first-order valence-electron chi connectivity index (χ1n) is 13.4. The molecule has 1 aromatic heterocycles. The normalized spacial score (nSPS) is 22.1. The van der Waals surface area contributed by atoms with E-state index in [9.17, 15) is 4.79 Å². The third-order valence-corrected chi connectivity index (χ3v) is 8.77. The lowest BCUT2D eigenvalue weighted by atomic mass is 9.78. The van der Waals surface area contributed by atoms with Crippen molar-refractivity contribution in [1.29, 1.82) is 0 Å². The first kappa shape index (κ1) is 24.2. The summed E-state index contributed by atoms with van der Waals surface area (Å²) in [5.74, 6) is 3.77. The van der Waals surface area contributed by atoms with Gasteiger partial charge in [-0.2, -0.15) is 4.37 Å². The molecule has 1 N–H and O–H groups in total. The van der Waals surface area contributed by atoms with Crippen molar-refractivity contribution in [3.05, 3.63) is 54.1 Å². The molecule has 7 nitrogen and oxygen atoms in total. The Morgan fingerprint density at radius 1 is 1.03 bits per heavy atom. The Hall–Kier alpha value is -3.10. The Kier molecular flexibility index (Phi) is 7.28. The first-order chi connectivity index (χ1) is 18.2. The second-order valence-electron chi connectivity index (χ2n) is 10.3. The van der Waals surface area contributed by atoms with Crippen LogP contribution >= 0.6 is 11.5 Å². The summed E-state index contributed by atoms with van der Waals surface area (Å²) in [7, 11) is 0. The van der Waals surface area contributed by atoms with Gasteiger partial charge < -0.3 is 19.7 Å². The maximum Gasteiger partial charge on any atom is 0.244 e. The second kappa shape index (κ2) is 11.1.